The van der Waals surface area contributed by atoms with Gasteiger partial charge in [0.2, 0.25) is 0 Å². The molecule has 0 radical (unpaired) electrons. The number of ether oxygens (including phenoxy) is 1. The van der Waals surface area contributed by atoms with Crippen LogP contribution >= 0.6 is 11.6 Å². The topological polar surface area (TPSA) is 41.6 Å². The van der Waals surface area contributed by atoms with Gasteiger partial charge in [-0.15, -0.1) is 0 Å². The highest BCUT2D eigenvalue weighted by molar-refractivity contribution is 6.30. The lowest BCUT2D eigenvalue weighted by atomic mass is 10.2. The lowest BCUT2D eigenvalue weighted by Crippen LogP contribution is -2.22. The molecule has 0 spiro atoms. The maximum Gasteiger partial charge on any atom is 0.262 e. The minimum absolute atomic E-state index is 0.0389. The summed E-state index contributed by atoms with van der Waals surface area (Å²) < 4.78 is 5.42. The number of halogens is 1. The van der Waals surface area contributed by atoms with Crippen molar-refractivity contribution in [3.05, 3.63) is 59.1 Å². The van der Waals surface area contributed by atoms with Gasteiger partial charge in [-0.1, -0.05) is 37.6 Å². The van der Waals surface area contributed by atoms with Crippen molar-refractivity contribution >= 4 is 23.2 Å². The number of benzene rings is 2. The molecule has 0 atom stereocenters. The minimum Gasteiger partial charge on any atom is -0.484 e. The molecular formula is C19H23ClN2O2. The van der Waals surface area contributed by atoms with E-state index < -0.39 is 0 Å². The van der Waals surface area contributed by atoms with Gasteiger partial charge in [-0.05, 0) is 55.1 Å². The van der Waals surface area contributed by atoms with Crippen molar-refractivity contribution in [3.63, 3.8) is 0 Å². The lowest BCUT2D eigenvalue weighted by molar-refractivity contribution is -0.118. The zero-order valence-corrected chi connectivity index (χ0v) is 14.8. The van der Waals surface area contributed by atoms with Gasteiger partial charge in [-0.3, -0.25) is 9.69 Å². The van der Waals surface area contributed by atoms with Gasteiger partial charge < -0.3 is 10.1 Å². The fourth-order valence-electron chi connectivity index (χ4n) is 2.28. The Bertz CT molecular complexity index is 637. The van der Waals surface area contributed by atoms with Crippen molar-refractivity contribution in [2.45, 2.75) is 20.4 Å². The van der Waals surface area contributed by atoms with Crippen LogP contribution in [0.25, 0.3) is 0 Å². The van der Waals surface area contributed by atoms with Gasteiger partial charge in [0.15, 0.2) is 6.61 Å². The lowest BCUT2D eigenvalue weighted by Gasteiger charge is -2.18. The number of anilines is 1. The molecule has 0 aliphatic rings. The van der Waals surface area contributed by atoms with Gasteiger partial charge in [-0.25, -0.2) is 0 Å². The zero-order chi connectivity index (χ0) is 17.4. The van der Waals surface area contributed by atoms with Crippen molar-refractivity contribution in [1.82, 2.24) is 4.90 Å². The van der Waals surface area contributed by atoms with Gasteiger partial charge >= 0.3 is 0 Å². The Morgan fingerprint density at radius 1 is 1.04 bits per heavy atom. The first-order valence-electron chi connectivity index (χ1n) is 8.10. The van der Waals surface area contributed by atoms with E-state index in [-0.39, 0.29) is 12.5 Å². The van der Waals surface area contributed by atoms with E-state index in [1.807, 2.05) is 24.3 Å². The van der Waals surface area contributed by atoms with Crippen LogP contribution in [-0.2, 0) is 11.3 Å². The molecule has 1 amide bonds. The average Bonchev–Trinajstić information content (AvgIpc) is 2.60. The first-order valence-corrected chi connectivity index (χ1v) is 8.48. The average molecular weight is 347 g/mol. The zero-order valence-electron chi connectivity index (χ0n) is 14.1. The summed E-state index contributed by atoms with van der Waals surface area (Å²) >= 11 is 5.81. The molecule has 1 N–H and O–H groups in total. The Hall–Kier alpha value is -2.04. The quantitative estimate of drug-likeness (QED) is 0.778. The monoisotopic (exact) mass is 346 g/mol. The molecule has 0 aliphatic carbocycles. The summed E-state index contributed by atoms with van der Waals surface area (Å²) in [6.07, 6.45) is 0. The second-order valence-electron chi connectivity index (χ2n) is 5.45. The van der Waals surface area contributed by atoms with Gasteiger partial charge in [-0.2, -0.15) is 0 Å². The molecule has 4 nitrogen and oxygen atoms in total. The highest BCUT2D eigenvalue weighted by Gasteiger charge is 2.05. The Morgan fingerprint density at radius 2 is 1.67 bits per heavy atom. The predicted molar refractivity (Wildman–Crippen MR) is 98.6 cm³/mol. The SMILES string of the molecule is CCN(CC)Cc1ccc(NC(=O)COc2ccc(Cl)cc2)cc1. The highest BCUT2D eigenvalue weighted by atomic mass is 35.5. The molecule has 128 valence electrons. The van der Waals surface area contributed by atoms with Crippen molar-refractivity contribution in [2.24, 2.45) is 0 Å². The number of rotatable bonds is 8. The van der Waals surface area contributed by atoms with Crippen LogP contribution in [0.2, 0.25) is 5.02 Å². The van der Waals surface area contributed by atoms with Crippen molar-refractivity contribution in [3.8, 4) is 5.75 Å². The van der Waals surface area contributed by atoms with E-state index in [0.29, 0.717) is 10.8 Å². The summed E-state index contributed by atoms with van der Waals surface area (Å²) in [4.78, 5) is 14.3. The Balaban J connectivity index is 1.82. The van der Waals surface area contributed by atoms with Gasteiger partial charge in [0, 0.05) is 17.3 Å². The number of nitrogens with zero attached hydrogens (tertiary/aromatic N) is 1. The van der Waals surface area contributed by atoms with E-state index in [2.05, 4.69) is 24.1 Å². The molecule has 0 aliphatic heterocycles. The van der Waals surface area contributed by atoms with E-state index in [1.165, 1.54) is 5.56 Å². The molecule has 2 aromatic carbocycles. The molecule has 0 fully saturated rings. The number of nitrogens with one attached hydrogen (secondary N) is 1. The normalized spacial score (nSPS) is 10.7. The molecule has 0 saturated carbocycles. The van der Waals surface area contributed by atoms with Gasteiger partial charge in [0.25, 0.3) is 5.91 Å². The van der Waals surface area contributed by atoms with Crippen molar-refractivity contribution in [2.75, 3.05) is 25.0 Å². The van der Waals surface area contributed by atoms with Crippen LogP contribution in [0.3, 0.4) is 0 Å². The summed E-state index contributed by atoms with van der Waals surface area (Å²) in [6, 6.07) is 14.8. The van der Waals surface area contributed by atoms with E-state index in [4.69, 9.17) is 16.3 Å². The molecule has 2 rings (SSSR count). The number of carbonyl (C=O) groups is 1. The third kappa shape index (κ3) is 5.87. The smallest absolute Gasteiger partial charge is 0.262 e. The summed E-state index contributed by atoms with van der Waals surface area (Å²) in [5.74, 6) is 0.422. The molecule has 0 unspecified atom stereocenters. The van der Waals surface area contributed by atoms with Gasteiger partial charge in [0.1, 0.15) is 5.75 Å². The first-order chi connectivity index (χ1) is 11.6. The van der Waals surface area contributed by atoms with Crippen LogP contribution in [0.5, 0.6) is 5.75 Å². The Morgan fingerprint density at radius 3 is 2.25 bits per heavy atom. The molecule has 24 heavy (non-hydrogen) atoms. The maximum atomic E-state index is 11.9. The number of hydrogen-bond acceptors (Lipinski definition) is 3. The van der Waals surface area contributed by atoms with Crippen LogP contribution < -0.4 is 10.1 Å². The minimum atomic E-state index is -0.193. The van der Waals surface area contributed by atoms with Crippen molar-refractivity contribution < 1.29 is 9.53 Å². The Labute approximate surface area is 148 Å². The predicted octanol–water partition coefficient (Wildman–Crippen LogP) is 4.20. The molecular weight excluding hydrogens is 324 g/mol. The molecule has 0 heterocycles. The maximum absolute atomic E-state index is 11.9. The summed E-state index contributed by atoms with van der Waals surface area (Å²) in [5.41, 5.74) is 2.00. The van der Waals surface area contributed by atoms with E-state index >= 15 is 0 Å². The fraction of sp³-hybridized carbons (Fsp3) is 0.316. The van der Waals surface area contributed by atoms with Crippen LogP contribution in [0.1, 0.15) is 19.4 Å². The molecule has 0 bridgehead atoms. The summed E-state index contributed by atoms with van der Waals surface area (Å²) in [6.45, 7) is 7.23. The second-order valence-corrected chi connectivity index (χ2v) is 5.89. The Kier molecular flexibility index (Phi) is 7.09. The van der Waals surface area contributed by atoms with Crippen molar-refractivity contribution in [1.29, 1.82) is 0 Å². The largest absolute Gasteiger partial charge is 0.484 e. The summed E-state index contributed by atoms with van der Waals surface area (Å²) in [5, 5.41) is 3.46. The second kappa shape index (κ2) is 9.30. The van der Waals surface area contributed by atoms with E-state index in [9.17, 15) is 4.79 Å². The van der Waals surface area contributed by atoms with Crippen LogP contribution in [-0.4, -0.2) is 30.5 Å². The van der Waals surface area contributed by atoms with Crippen LogP contribution in [0, 0.1) is 0 Å². The summed E-state index contributed by atoms with van der Waals surface area (Å²) in [7, 11) is 0. The molecule has 2 aromatic rings. The standard InChI is InChI=1S/C19H23ClN2O2/c1-3-22(4-2)13-15-5-9-17(10-6-15)21-19(23)14-24-18-11-7-16(20)8-12-18/h5-12H,3-4,13-14H2,1-2H3,(H,21,23). The van der Waals surface area contributed by atoms with Gasteiger partial charge in [0.05, 0.1) is 0 Å². The number of hydrogen-bond donors (Lipinski definition) is 1. The third-order valence-electron chi connectivity index (χ3n) is 3.72. The van der Waals surface area contributed by atoms with E-state index in [0.717, 1.165) is 25.3 Å². The van der Waals surface area contributed by atoms with Crippen LogP contribution in [0.4, 0.5) is 5.69 Å². The third-order valence-corrected chi connectivity index (χ3v) is 3.97. The highest BCUT2D eigenvalue weighted by Crippen LogP contribution is 2.16. The van der Waals surface area contributed by atoms with E-state index in [1.54, 1.807) is 24.3 Å². The first kappa shape index (κ1) is 18.3. The molecule has 0 aromatic heterocycles. The fourth-order valence-corrected chi connectivity index (χ4v) is 2.40. The molecule has 5 heteroatoms. The number of amides is 1. The van der Waals surface area contributed by atoms with Crippen LogP contribution in [0.15, 0.2) is 48.5 Å². The number of carbonyl (C=O) groups excluding carboxylic acids is 1. The molecule has 0 saturated heterocycles.